The Kier molecular flexibility index (Phi) is 3.94. The number of hydrogen-bond acceptors (Lipinski definition) is 5. The van der Waals surface area contributed by atoms with Crippen molar-refractivity contribution in [2.45, 2.75) is 0 Å². The summed E-state index contributed by atoms with van der Waals surface area (Å²) in [5, 5.41) is 13.5. The summed E-state index contributed by atoms with van der Waals surface area (Å²) in [6.45, 7) is 0. The van der Waals surface area contributed by atoms with Gasteiger partial charge in [-0.2, -0.15) is 10.2 Å². The van der Waals surface area contributed by atoms with Gasteiger partial charge in [-0.05, 0) is 42.5 Å². The normalized spacial score (nSPS) is 10.7. The number of pyridine rings is 1. The molecule has 1 amide bonds. The van der Waals surface area contributed by atoms with Crippen LogP contribution in [0.5, 0.6) is 0 Å². The van der Waals surface area contributed by atoms with Crippen LogP contribution in [0, 0.1) is 5.82 Å². The van der Waals surface area contributed by atoms with Crippen LogP contribution in [0.15, 0.2) is 61.3 Å². The summed E-state index contributed by atoms with van der Waals surface area (Å²) in [5.74, 6) is -0.106. The van der Waals surface area contributed by atoms with Crippen molar-refractivity contribution in [2.75, 3.05) is 5.32 Å². The van der Waals surface area contributed by atoms with Gasteiger partial charge in [0, 0.05) is 5.56 Å². The molecule has 2 N–H and O–H groups in total. The Bertz CT molecular complexity index is 1020. The van der Waals surface area contributed by atoms with Gasteiger partial charge in [-0.3, -0.25) is 9.89 Å². The second-order valence-electron chi connectivity index (χ2n) is 5.37. The molecule has 0 fully saturated rings. The van der Waals surface area contributed by atoms with Crippen LogP contribution in [0.2, 0.25) is 0 Å². The van der Waals surface area contributed by atoms with Gasteiger partial charge in [-0.25, -0.2) is 19.0 Å². The van der Waals surface area contributed by atoms with Gasteiger partial charge in [0.1, 0.15) is 24.2 Å². The van der Waals surface area contributed by atoms with Crippen molar-refractivity contribution in [3.8, 4) is 17.1 Å². The molecule has 0 atom stereocenters. The van der Waals surface area contributed by atoms with Crippen molar-refractivity contribution in [1.29, 1.82) is 0 Å². The predicted molar refractivity (Wildman–Crippen MR) is 91.1 cm³/mol. The van der Waals surface area contributed by atoms with Crippen molar-refractivity contribution < 1.29 is 9.18 Å². The van der Waals surface area contributed by atoms with E-state index < -0.39 is 0 Å². The Hall–Kier alpha value is -3.88. The molecule has 0 saturated heterocycles. The van der Waals surface area contributed by atoms with Crippen LogP contribution in [0.1, 0.15) is 10.5 Å². The number of amides is 1. The molecule has 3 heterocycles. The molecule has 0 saturated carbocycles. The summed E-state index contributed by atoms with van der Waals surface area (Å²) in [5.41, 5.74) is 2.07. The zero-order valence-corrected chi connectivity index (χ0v) is 13.3. The molecule has 26 heavy (non-hydrogen) atoms. The highest BCUT2D eigenvalue weighted by Crippen LogP contribution is 2.18. The standard InChI is InChI=1S/C17H12FN7O/c18-12-3-1-11(2-4-12)14-7-15(24-23-14)17(26)22-13-5-6-16(20-8-13)25-10-19-9-21-25/h1-10H,(H,22,26)(H,23,24). The first kappa shape index (κ1) is 15.6. The molecule has 9 heteroatoms. The maximum atomic E-state index is 13.0. The van der Waals surface area contributed by atoms with Gasteiger partial charge in [0.05, 0.1) is 17.6 Å². The number of halogens is 1. The number of H-pyrrole nitrogens is 1. The van der Waals surface area contributed by atoms with Gasteiger partial charge in [0.25, 0.3) is 5.91 Å². The summed E-state index contributed by atoms with van der Waals surface area (Å²) in [7, 11) is 0. The first-order chi connectivity index (χ1) is 12.7. The molecular weight excluding hydrogens is 337 g/mol. The third-order valence-corrected chi connectivity index (χ3v) is 3.62. The van der Waals surface area contributed by atoms with Gasteiger partial charge in [-0.15, -0.1) is 0 Å². The fourth-order valence-electron chi connectivity index (χ4n) is 2.33. The molecular formula is C17H12FN7O. The second kappa shape index (κ2) is 6.55. The minimum absolute atomic E-state index is 0.282. The summed E-state index contributed by atoms with van der Waals surface area (Å²) in [6, 6.07) is 10.9. The van der Waals surface area contributed by atoms with Crippen molar-refractivity contribution in [1.82, 2.24) is 29.9 Å². The van der Waals surface area contributed by atoms with E-state index in [0.29, 0.717) is 22.8 Å². The second-order valence-corrected chi connectivity index (χ2v) is 5.37. The third-order valence-electron chi connectivity index (χ3n) is 3.62. The Morgan fingerprint density at radius 2 is 2.00 bits per heavy atom. The zero-order valence-electron chi connectivity index (χ0n) is 13.3. The lowest BCUT2D eigenvalue weighted by Gasteiger charge is -2.04. The van der Waals surface area contributed by atoms with Crippen molar-refractivity contribution in [3.05, 3.63) is 72.8 Å². The van der Waals surface area contributed by atoms with Crippen LogP contribution in [0.4, 0.5) is 10.1 Å². The van der Waals surface area contributed by atoms with Gasteiger partial charge >= 0.3 is 0 Å². The molecule has 4 aromatic rings. The predicted octanol–water partition coefficient (Wildman–Crippen LogP) is 2.44. The Morgan fingerprint density at radius 3 is 2.69 bits per heavy atom. The van der Waals surface area contributed by atoms with Gasteiger partial charge < -0.3 is 5.32 Å². The molecule has 3 aromatic heterocycles. The smallest absolute Gasteiger partial charge is 0.273 e. The molecule has 1 aromatic carbocycles. The number of rotatable bonds is 4. The molecule has 4 rings (SSSR count). The number of carbonyl (C=O) groups excluding carboxylic acids is 1. The van der Waals surface area contributed by atoms with Crippen molar-refractivity contribution in [2.24, 2.45) is 0 Å². The van der Waals surface area contributed by atoms with E-state index in [0.717, 1.165) is 0 Å². The third kappa shape index (κ3) is 3.18. The fourth-order valence-corrected chi connectivity index (χ4v) is 2.33. The van der Waals surface area contributed by atoms with Gasteiger partial charge in [0.15, 0.2) is 5.82 Å². The molecule has 8 nitrogen and oxygen atoms in total. The maximum Gasteiger partial charge on any atom is 0.273 e. The molecule has 0 aliphatic rings. The zero-order chi connectivity index (χ0) is 17.9. The SMILES string of the molecule is O=C(Nc1ccc(-n2cncn2)nc1)c1cc(-c2ccc(F)cc2)n[nH]1. The monoisotopic (exact) mass is 349 g/mol. The molecule has 0 spiro atoms. The van der Waals surface area contributed by atoms with E-state index in [9.17, 15) is 9.18 Å². The Morgan fingerprint density at radius 1 is 1.15 bits per heavy atom. The first-order valence-electron chi connectivity index (χ1n) is 7.63. The van der Waals surface area contributed by atoms with Crippen molar-refractivity contribution >= 4 is 11.6 Å². The minimum Gasteiger partial charge on any atom is -0.319 e. The van der Waals surface area contributed by atoms with E-state index in [1.165, 1.54) is 35.7 Å². The molecule has 0 aliphatic carbocycles. The van der Waals surface area contributed by atoms with Crippen molar-refractivity contribution in [3.63, 3.8) is 0 Å². The Labute approximate surface area is 146 Å². The maximum absolute atomic E-state index is 13.0. The number of aromatic nitrogens is 6. The average molecular weight is 349 g/mol. The van der Waals surface area contributed by atoms with Crippen LogP contribution in [0.3, 0.4) is 0 Å². The fraction of sp³-hybridized carbons (Fsp3) is 0. The lowest BCUT2D eigenvalue weighted by molar-refractivity contribution is 0.102. The molecule has 0 bridgehead atoms. The van der Waals surface area contributed by atoms with E-state index in [1.807, 2.05) is 0 Å². The van der Waals surface area contributed by atoms with E-state index in [1.54, 1.807) is 30.3 Å². The lowest BCUT2D eigenvalue weighted by atomic mass is 10.1. The number of nitrogens with zero attached hydrogens (tertiary/aromatic N) is 5. The summed E-state index contributed by atoms with van der Waals surface area (Å²) >= 11 is 0. The van der Waals surface area contributed by atoms with E-state index in [2.05, 4.69) is 30.6 Å². The van der Waals surface area contributed by atoms with Crippen LogP contribution in [0.25, 0.3) is 17.1 Å². The van der Waals surface area contributed by atoms with E-state index >= 15 is 0 Å². The number of benzene rings is 1. The number of carbonyl (C=O) groups is 1. The average Bonchev–Trinajstić information content (AvgIpc) is 3.35. The highest BCUT2D eigenvalue weighted by atomic mass is 19.1. The number of hydrogen-bond donors (Lipinski definition) is 2. The summed E-state index contributed by atoms with van der Waals surface area (Å²) in [6.07, 6.45) is 4.46. The number of anilines is 1. The van der Waals surface area contributed by atoms with E-state index in [-0.39, 0.29) is 17.4 Å². The molecule has 0 unspecified atom stereocenters. The Balaban J connectivity index is 1.47. The largest absolute Gasteiger partial charge is 0.319 e. The topological polar surface area (TPSA) is 101 Å². The quantitative estimate of drug-likeness (QED) is 0.589. The highest BCUT2D eigenvalue weighted by molar-refractivity contribution is 6.03. The number of nitrogens with one attached hydrogen (secondary N) is 2. The highest BCUT2D eigenvalue weighted by Gasteiger charge is 2.12. The molecule has 0 radical (unpaired) electrons. The number of aromatic amines is 1. The van der Waals surface area contributed by atoms with E-state index in [4.69, 9.17) is 0 Å². The lowest BCUT2D eigenvalue weighted by Crippen LogP contribution is -2.12. The summed E-state index contributed by atoms with van der Waals surface area (Å²) in [4.78, 5) is 20.4. The molecule has 128 valence electrons. The molecule has 0 aliphatic heterocycles. The van der Waals surface area contributed by atoms with Gasteiger partial charge in [0.2, 0.25) is 0 Å². The van der Waals surface area contributed by atoms with Crippen LogP contribution in [-0.2, 0) is 0 Å². The van der Waals surface area contributed by atoms with Crippen LogP contribution < -0.4 is 5.32 Å². The first-order valence-corrected chi connectivity index (χ1v) is 7.63. The minimum atomic E-state index is -0.360. The summed E-state index contributed by atoms with van der Waals surface area (Å²) < 4.78 is 14.5. The van der Waals surface area contributed by atoms with Gasteiger partial charge in [-0.1, -0.05) is 0 Å². The van der Waals surface area contributed by atoms with Crippen LogP contribution in [-0.4, -0.2) is 35.9 Å². The van der Waals surface area contributed by atoms with Crippen LogP contribution >= 0.6 is 0 Å².